The molecule has 7 heteroatoms. The average molecular weight is 456 g/mol. The Balaban J connectivity index is 1.40. The van der Waals surface area contributed by atoms with Gasteiger partial charge in [0.05, 0.1) is 17.8 Å². The van der Waals surface area contributed by atoms with Crippen LogP contribution in [0.1, 0.15) is 35.6 Å². The standard InChI is InChI=1S/C27H29N5O2/c1-19(21-10-8-20(14-28)9-11-21)15-30-26(22-6-4-3-5-7-22)27(33)31-25-13-12-23(16-29-25)34-24-17-32(2)18-24/h3-13,16,19,24,26,30H,15,17-18H2,1-2H3,(H,29,31,33). The van der Waals surface area contributed by atoms with Crippen molar-refractivity contribution >= 4 is 11.7 Å². The van der Waals surface area contributed by atoms with Crippen molar-refractivity contribution < 1.29 is 9.53 Å². The second kappa shape index (κ2) is 10.9. The topological polar surface area (TPSA) is 90.3 Å². The molecule has 0 spiro atoms. The molecular formula is C27H29N5O2. The average Bonchev–Trinajstić information content (AvgIpc) is 2.85. The molecule has 7 nitrogen and oxygen atoms in total. The monoisotopic (exact) mass is 455 g/mol. The number of likely N-dealkylation sites (N-methyl/N-ethyl adjacent to an activating group) is 1. The third-order valence-corrected chi connectivity index (χ3v) is 5.95. The number of nitriles is 1. The van der Waals surface area contributed by atoms with Crippen molar-refractivity contribution in [3.05, 3.63) is 89.6 Å². The first-order valence-corrected chi connectivity index (χ1v) is 11.4. The molecule has 1 aliphatic rings. The van der Waals surface area contributed by atoms with Crippen molar-refractivity contribution in [3.63, 3.8) is 0 Å². The van der Waals surface area contributed by atoms with E-state index in [0.29, 0.717) is 23.7 Å². The molecule has 2 heterocycles. The molecule has 0 saturated carbocycles. The van der Waals surface area contributed by atoms with E-state index in [1.807, 2.05) is 60.7 Å². The summed E-state index contributed by atoms with van der Waals surface area (Å²) in [4.78, 5) is 19.8. The predicted octanol–water partition coefficient (Wildman–Crippen LogP) is 3.72. The Morgan fingerprint density at radius 3 is 2.47 bits per heavy atom. The fourth-order valence-electron chi connectivity index (χ4n) is 3.94. The van der Waals surface area contributed by atoms with Crippen LogP contribution in [0.3, 0.4) is 0 Å². The van der Waals surface area contributed by atoms with E-state index in [4.69, 9.17) is 10.00 Å². The summed E-state index contributed by atoms with van der Waals surface area (Å²) in [5.41, 5.74) is 2.61. The highest BCUT2D eigenvalue weighted by Crippen LogP contribution is 2.21. The van der Waals surface area contributed by atoms with E-state index in [1.165, 1.54) is 0 Å². The van der Waals surface area contributed by atoms with Crippen molar-refractivity contribution in [1.82, 2.24) is 15.2 Å². The fraction of sp³-hybridized carbons (Fsp3) is 0.296. The van der Waals surface area contributed by atoms with Gasteiger partial charge in [-0.15, -0.1) is 0 Å². The van der Waals surface area contributed by atoms with Gasteiger partial charge in [0, 0.05) is 19.6 Å². The van der Waals surface area contributed by atoms with Crippen LogP contribution in [0.2, 0.25) is 0 Å². The number of anilines is 1. The number of hydrogen-bond donors (Lipinski definition) is 2. The van der Waals surface area contributed by atoms with E-state index in [2.05, 4.69) is 40.6 Å². The van der Waals surface area contributed by atoms with Crippen molar-refractivity contribution in [2.75, 3.05) is 32.0 Å². The Morgan fingerprint density at radius 1 is 1.12 bits per heavy atom. The van der Waals surface area contributed by atoms with Crippen molar-refractivity contribution in [1.29, 1.82) is 5.26 Å². The van der Waals surface area contributed by atoms with E-state index in [1.54, 1.807) is 12.3 Å². The molecule has 1 amide bonds. The van der Waals surface area contributed by atoms with Crippen molar-refractivity contribution in [2.24, 2.45) is 0 Å². The number of carbonyl (C=O) groups excluding carboxylic acids is 1. The number of amides is 1. The molecule has 1 fully saturated rings. The highest BCUT2D eigenvalue weighted by molar-refractivity contribution is 5.94. The second-order valence-corrected chi connectivity index (χ2v) is 8.72. The van der Waals surface area contributed by atoms with Crippen LogP contribution in [0.5, 0.6) is 5.75 Å². The lowest BCUT2D eigenvalue weighted by Gasteiger charge is -2.35. The number of carbonyl (C=O) groups is 1. The fourth-order valence-corrected chi connectivity index (χ4v) is 3.94. The largest absolute Gasteiger partial charge is 0.486 e. The van der Waals surface area contributed by atoms with Crippen LogP contribution >= 0.6 is 0 Å². The third-order valence-electron chi connectivity index (χ3n) is 5.95. The Bertz CT molecular complexity index is 1120. The van der Waals surface area contributed by atoms with Crippen LogP contribution in [0.25, 0.3) is 0 Å². The van der Waals surface area contributed by atoms with E-state index in [9.17, 15) is 4.79 Å². The molecule has 1 aliphatic heterocycles. The first-order chi connectivity index (χ1) is 16.5. The first kappa shape index (κ1) is 23.4. The lowest BCUT2D eigenvalue weighted by Crippen LogP contribution is -2.51. The summed E-state index contributed by atoms with van der Waals surface area (Å²) >= 11 is 0. The number of nitrogens with zero attached hydrogens (tertiary/aromatic N) is 3. The lowest BCUT2D eigenvalue weighted by atomic mass is 9.98. The van der Waals surface area contributed by atoms with Crippen molar-refractivity contribution in [2.45, 2.75) is 25.0 Å². The zero-order valence-electron chi connectivity index (χ0n) is 19.4. The van der Waals surface area contributed by atoms with E-state index >= 15 is 0 Å². The van der Waals surface area contributed by atoms with Gasteiger partial charge < -0.3 is 15.4 Å². The number of rotatable bonds is 9. The summed E-state index contributed by atoms with van der Waals surface area (Å²) in [5.74, 6) is 1.16. The smallest absolute Gasteiger partial charge is 0.247 e. The molecule has 0 bridgehead atoms. The second-order valence-electron chi connectivity index (χ2n) is 8.72. The molecule has 3 aromatic rings. The molecule has 2 N–H and O–H groups in total. The summed E-state index contributed by atoms with van der Waals surface area (Å²) in [6.07, 6.45) is 1.84. The van der Waals surface area contributed by atoms with Gasteiger partial charge in [-0.2, -0.15) is 5.26 Å². The summed E-state index contributed by atoms with van der Waals surface area (Å²) in [6.45, 7) is 4.50. The SMILES string of the molecule is CC(CNC(C(=O)Nc1ccc(OC2CN(C)C2)cn1)c1ccccc1)c1ccc(C#N)cc1. The molecule has 1 saturated heterocycles. The van der Waals surface area contributed by atoms with Crippen molar-refractivity contribution in [3.8, 4) is 11.8 Å². The number of benzene rings is 2. The van der Waals surface area contributed by atoms with Crippen LogP contribution in [-0.2, 0) is 4.79 Å². The minimum atomic E-state index is -0.537. The summed E-state index contributed by atoms with van der Waals surface area (Å²) in [5, 5.41) is 15.3. The highest BCUT2D eigenvalue weighted by atomic mass is 16.5. The van der Waals surface area contributed by atoms with Crippen LogP contribution in [0, 0.1) is 11.3 Å². The van der Waals surface area contributed by atoms with Gasteiger partial charge in [-0.3, -0.25) is 9.69 Å². The minimum Gasteiger partial charge on any atom is -0.486 e. The maximum absolute atomic E-state index is 13.2. The summed E-state index contributed by atoms with van der Waals surface area (Å²) < 4.78 is 5.87. The summed E-state index contributed by atoms with van der Waals surface area (Å²) in [7, 11) is 2.05. The van der Waals surface area contributed by atoms with Gasteiger partial charge in [0.1, 0.15) is 23.7 Å². The zero-order chi connectivity index (χ0) is 23.9. The number of likely N-dealkylation sites (tertiary alicyclic amines) is 1. The molecule has 0 aliphatic carbocycles. The Morgan fingerprint density at radius 2 is 1.85 bits per heavy atom. The predicted molar refractivity (Wildman–Crippen MR) is 132 cm³/mol. The third kappa shape index (κ3) is 5.98. The van der Waals surface area contributed by atoms with Gasteiger partial charge in [0.15, 0.2) is 0 Å². The highest BCUT2D eigenvalue weighted by Gasteiger charge is 2.25. The van der Waals surface area contributed by atoms with Crippen LogP contribution in [0.4, 0.5) is 5.82 Å². The number of nitrogens with one attached hydrogen (secondary N) is 2. The van der Waals surface area contributed by atoms with E-state index < -0.39 is 6.04 Å². The molecule has 0 radical (unpaired) electrons. The molecule has 1 aromatic heterocycles. The Kier molecular flexibility index (Phi) is 7.53. The van der Waals surface area contributed by atoms with Crippen LogP contribution < -0.4 is 15.4 Å². The van der Waals surface area contributed by atoms with E-state index in [-0.39, 0.29) is 17.9 Å². The number of ether oxygens (including phenoxy) is 1. The molecule has 4 rings (SSSR count). The molecule has 34 heavy (non-hydrogen) atoms. The Labute approximate surface area is 200 Å². The number of hydrogen-bond acceptors (Lipinski definition) is 6. The van der Waals surface area contributed by atoms with Crippen LogP contribution in [0.15, 0.2) is 72.9 Å². The normalized spacial score (nSPS) is 15.6. The van der Waals surface area contributed by atoms with Gasteiger partial charge >= 0.3 is 0 Å². The molecule has 2 aromatic carbocycles. The lowest BCUT2D eigenvalue weighted by molar-refractivity contribution is -0.118. The minimum absolute atomic E-state index is 0.159. The number of aromatic nitrogens is 1. The van der Waals surface area contributed by atoms with Gasteiger partial charge in [0.2, 0.25) is 5.91 Å². The molecule has 174 valence electrons. The van der Waals surface area contributed by atoms with Gasteiger partial charge in [0.25, 0.3) is 0 Å². The molecule has 2 atom stereocenters. The van der Waals surface area contributed by atoms with Crippen LogP contribution in [-0.4, -0.2) is 48.6 Å². The first-order valence-electron chi connectivity index (χ1n) is 11.4. The maximum Gasteiger partial charge on any atom is 0.247 e. The molecular weight excluding hydrogens is 426 g/mol. The number of pyridine rings is 1. The quantitative estimate of drug-likeness (QED) is 0.511. The molecule has 2 unspecified atom stereocenters. The summed E-state index contributed by atoms with van der Waals surface area (Å²) in [6, 6.07) is 22.4. The van der Waals surface area contributed by atoms with Gasteiger partial charge in [-0.1, -0.05) is 49.4 Å². The van der Waals surface area contributed by atoms with E-state index in [0.717, 1.165) is 24.2 Å². The Hall–Kier alpha value is -3.73. The van der Waals surface area contributed by atoms with Gasteiger partial charge in [-0.05, 0) is 48.4 Å². The maximum atomic E-state index is 13.2. The zero-order valence-corrected chi connectivity index (χ0v) is 19.4. The van der Waals surface area contributed by atoms with Gasteiger partial charge in [-0.25, -0.2) is 4.98 Å².